The van der Waals surface area contributed by atoms with Crippen LogP contribution in [0.5, 0.6) is 0 Å². The lowest BCUT2D eigenvalue weighted by atomic mass is 9.97. The predicted molar refractivity (Wildman–Crippen MR) is 101 cm³/mol. The van der Waals surface area contributed by atoms with Crippen molar-refractivity contribution in [3.63, 3.8) is 0 Å². The molecular weight excluding hydrogens is 472 g/mol. The predicted octanol–water partition coefficient (Wildman–Crippen LogP) is -7.57. The third-order valence-electron chi connectivity index (χ3n) is 6.08. The van der Waals surface area contributed by atoms with Crippen molar-refractivity contribution in [1.29, 1.82) is 0 Å². The Kier molecular flexibility index (Phi) is 9.54. The Morgan fingerprint density at radius 1 is 0.500 bits per heavy atom. The van der Waals surface area contributed by atoms with Crippen LogP contribution in [-0.4, -0.2) is 168 Å². The smallest absolute Gasteiger partial charge is 0.187 e. The van der Waals surface area contributed by atoms with Crippen LogP contribution in [0.4, 0.5) is 0 Å². The number of hydrogen-bond donors (Lipinski definition) is 11. The molecule has 0 aromatic heterocycles. The van der Waals surface area contributed by atoms with Gasteiger partial charge in [-0.2, -0.15) is 0 Å². The van der Waals surface area contributed by atoms with E-state index in [1.165, 1.54) is 0 Å². The highest BCUT2D eigenvalue weighted by Gasteiger charge is 2.51. The lowest BCUT2D eigenvalue weighted by Gasteiger charge is -2.45. The van der Waals surface area contributed by atoms with Crippen molar-refractivity contribution in [2.75, 3.05) is 19.8 Å². The minimum atomic E-state index is -1.88. The van der Waals surface area contributed by atoms with E-state index in [1.807, 2.05) is 0 Å². The summed E-state index contributed by atoms with van der Waals surface area (Å²) in [5.74, 6) is 0. The van der Waals surface area contributed by atoms with Crippen molar-refractivity contribution in [2.45, 2.75) is 92.1 Å². The average Bonchev–Trinajstić information content (AvgIpc) is 2.82. The lowest BCUT2D eigenvalue weighted by molar-refractivity contribution is -0.367. The molecule has 200 valence electrons. The third-order valence-corrected chi connectivity index (χ3v) is 6.08. The maximum absolute atomic E-state index is 10.2. The Labute approximate surface area is 192 Å². The van der Waals surface area contributed by atoms with E-state index in [9.17, 15) is 51.1 Å². The quantitative estimate of drug-likeness (QED) is 0.154. The zero-order chi connectivity index (χ0) is 25.3. The molecule has 15 atom stereocenters. The lowest BCUT2D eigenvalue weighted by Crippen LogP contribution is -2.64. The highest BCUT2D eigenvalue weighted by Crippen LogP contribution is 2.29. The molecule has 11 N–H and O–H groups in total. The molecule has 3 aliphatic rings. The first-order valence-corrected chi connectivity index (χ1v) is 10.6. The Bertz CT molecular complexity index is 639. The standard InChI is InChI=1S/C18H32O16/c19-1-4-8(22)12(26)15(16(29)31-4)34-18-14(28)11(25)9(23)6(33-18)3-30-17-13(27)10(24)7(21)5(2-20)32-17/h4-29H,1-3H2/t4-,5-,6-,7-,8+,9+,10+,11+,12+,13-,14-,15-,16+,17+,18-/m1/s1. The Balaban J connectivity index is 1.64. The fourth-order valence-corrected chi connectivity index (χ4v) is 3.94. The van der Waals surface area contributed by atoms with Crippen LogP contribution in [0, 0.1) is 0 Å². The van der Waals surface area contributed by atoms with Gasteiger partial charge >= 0.3 is 0 Å². The molecule has 0 bridgehead atoms. The molecule has 3 saturated heterocycles. The first-order valence-electron chi connectivity index (χ1n) is 10.6. The Morgan fingerprint density at radius 3 is 1.56 bits per heavy atom. The van der Waals surface area contributed by atoms with Gasteiger partial charge in [-0.25, -0.2) is 0 Å². The zero-order valence-corrected chi connectivity index (χ0v) is 17.7. The van der Waals surface area contributed by atoms with Crippen LogP contribution in [0.1, 0.15) is 0 Å². The second kappa shape index (κ2) is 11.6. The molecule has 16 heteroatoms. The van der Waals surface area contributed by atoms with Crippen LogP contribution in [0.2, 0.25) is 0 Å². The van der Waals surface area contributed by atoms with Gasteiger partial charge in [0, 0.05) is 0 Å². The van der Waals surface area contributed by atoms with Crippen molar-refractivity contribution < 1.29 is 79.9 Å². The summed E-state index contributed by atoms with van der Waals surface area (Å²) in [6, 6.07) is 0. The van der Waals surface area contributed by atoms with Crippen LogP contribution in [-0.2, 0) is 23.7 Å². The number of ether oxygens (including phenoxy) is 5. The molecular formula is C18H32O16. The van der Waals surface area contributed by atoms with Gasteiger partial charge in [-0.15, -0.1) is 0 Å². The van der Waals surface area contributed by atoms with E-state index < -0.39 is 112 Å². The van der Waals surface area contributed by atoms with E-state index in [1.54, 1.807) is 0 Å². The van der Waals surface area contributed by atoms with Crippen LogP contribution >= 0.6 is 0 Å². The summed E-state index contributed by atoms with van der Waals surface area (Å²) in [6.45, 7) is -2.03. The van der Waals surface area contributed by atoms with Gasteiger partial charge in [0.05, 0.1) is 19.8 Å². The highest BCUT2D eigenvalue weighted by atomic mass is 16.7. The number of aliphatic hydroxyl groups excluding tert-OH is 11. The zero-order valence-electron chi connectivity index (χ0n) is 17.7. The van der Waals surface area contributed by atoms with Crippen molar-refractivity contribution in [2.24, 2.45) is 0 Å². The molecule has 3 fully saturated rings. The molecule has 0 saturated carbocycles. The van der Waals surface area contributed by atoms with Crippen molar-refractivity contribution >= 4 is 0 Å². The fourth-order valence-electron chi connectivity index (χ4n) is 3.94. The molecule has 0 amide bonds. The molecule has 3 heterocycles. The third kappa shape index (κ3) is 5.52. The Morgan fingerprint density at radius 2 is 0.971 bits per heavy atom. The summed E-state index contributed by atoms with van der Waals surface area (Å²) in [5.41, 5.74) is 0. The van der Waals surface area contributed by atoms with E-state index in [-0.39, 0.29) is 0 Å². The minimum Gasteiger partial charge on any atom is -0.394 e. The van der Waals surface area contributed by atoms with Gasteiger partial charge in [0.2, 0.25) is 0 Å². The average molecular weight is 504 g/mol. The van der Waals surface area contributed by atoms with Gasteiger partial charge in [-0.1, -0.05) is 0 Å². The largest absolute Gasteiger partial charge is 0.394 e. The van der Waals surface area contributed by atoms with Gasteiger partial charge < -0.3 is 79.9 Å². The van der Waals surface area contributed by atoms with E-state index in [2.05, 4.69) is 0 Å². The molecule has 34 heavy (non-hydrogen) atoms. The molecule has 0 spiro atoms. The monoisotopic (exact) mass is 504 g/mol. The summed E-state index contributed by atoms with van der Waals surface area (Å²) in [7, 11) is 0. The summed E-state index contributed by atoms with van der Waals surface area (Å²) in [5, 5.41) is 109. The molecule has 0 radical (unpaired) electrons. The first kappa shape index (κ1) is 27.9. The van der Waals surface area contributed by atoms with Gasteiger partial charge in [0.1, 0.15) is 73.2 Å². The molecule has 0 unspecified atom stereocenters. The minimum absolute atomic E-state index is 0.616. The fraction of sp³-hybridized carbons (Fsp3) is 1.00. The highest BCUT2D eigenvalue weighted by molar-refractivity contribution is 4.94. The summed E-state index contributed by atoms with van der Waals surface area (Å²) in [6.07, 6.45) is -25.0. The maximum Gasteiger partial charge on any atom is 0.187 e. The summed E-state index contributed by atoms with van der Waals surface area (Å²) < 4.78 is 26.1. The number of hydrogen-bond acceptors (Lipinski definition) is 16. The van der Waals surface area contributed by atoms with Crippen molar-refractivity contribution in [3.8, 4) is 0 Å². The van der Waals surface area contributed by atoms with E-state index >= 15 is 0 Å². The van der Waals surface area contributed by atoms with Crippen molar-refractivity contribution in [1.82, 2.24) is 0 Å². The molecule has 3 rings (SSSR count). The van der Waals surface area contributed by atoms with Gasteiger partial charge in [-0.05, 0) is 0 Å². The topological polar surface area (TPSA) is 269 Å². The molecule has 16 nitrogen and oxygen atoms in total. The number of rotatable bonds is 7. The molecule has 0 aliphatic carbocycles. The van der Waals surface area contributed by atoms with Crippen LogP contribution in [0.3, 0.4) is 0 Å². The summed E-state index contributed by atoms with van der Waals surface area (Å²) >= 11 is 0. The SMILES string of the molecule is OC[C@H]1O[C@H](O)[C@H](O[C@H]2O[C@H](CO[C@H]3O[C@H](CO)[C@@H](O)[C@H](O)[C@H]3O)[C@H](O)[C@H](O)[C@H]2O)[C@@H](O)[C@H]1O. The van der Waals surface area contributed by atoms with Gasteiger partial charge in [0.25, 0.3) is 0 Å². The maximum atomic E-state index is 10.2. The normalized spacial score (nSPS) is 52.5. The van der Waals surface area contributed by atoms with Crippen LogP contribution in [0.25, 0.3) is 0 Å². The van der Waals surface area contributed by atoms with E-state index in [4.69, 9.17) is 28.8 Å². The second-order valence-corrected chi connectivity index (χ2v) is 8.37. The Hall–Kier alpha value is -0.640. The second-order valence-electron chi connectivity index (χ2n) is 8.37. The van der Waals surface area contributed by atoms with Crippen LogP contribution in [0.15, 0.2) is 0 Å². The van der Waals surface area contributed by atoms with Gasteiger partial charge in [-0.3, -0.25) is 0 Å². The molecule has 3 aliphatic heterocycles. The van der Waals surface area contributed by atoms with E-state index in [0.29, 0.717) is 0 Å². The first-order chi connectivity index (χ1) is 16.0. The molecule has 0 aromatic rings. The van der Waals surface area contributed by atoms with Gasteiger partial charge in [0.15, 0.2) is 18.9 Å². The number of aliphatic hydroxyl groups is 11. The van der Waals surface area contributed by atoms with Crippen molar-refractivity contribution in [3.05, 3.63) is 0 Å². The summed E-state index contributed by atoms with van der Waals surface area (Å²) in [4.78, 5) is 0. The van der Waals surface area contributed by atoms with E-state index in [0.717, 1.165) is 0 Å². The molecule has 0 aromatic carbocycles. The van der Waals surface area contributed by atoms with Crippen LogP contribution < -0.4 is 0 Å².